The Kier molecular flexibility index (Phi) is 7.50. The molecular formula is C25H27N5O. The summed E-state index contributed by atoms with van der Waals surface area (Å²) < 4.78 is 5.87. The van der Waals surface area contributed by atoms with E-state index in [0.717, 1.165) is 49.8 Å². The molecule has 0 aliphatic heterocycles. The lowest BCUT2D eigenvalue weighted by Crippen LogP contribution is -2.27. The van der Waals surface area contributed by atoms with E-state index < -0.39 is 0 Å². The van der Waals surface area contributed by atoms with Crippen LogP contribution in [0.2, 0.25) is 0 Å². The number of pyridine rings is 4. The van der Waals surface area contributed by atoms with Crippen molar-refractivity contribution in [3.8, 4) is 5.88 Å². The fourth-order valence-electron chi connectivity index (χ4n) is 3.49. The minimum atomic E-state index is 0.657. The lowest BCUT2D eigenvalue weighted by atomic mass is 10.1. The van der Waals surface area contributed by atoms with E-state index in [-0.39, 0.29) is 0 Å². The minimum Gasteiger partial charge on any atom is -0.478 e. The second-order valence-electron chi connectivity index (χ2n) is 7.52. The molecule has 4 heterocycles. The second-order valence-corrected chi connectivity index (χ2v) is 7.52. The zero-order valence-electron chi connectivity index (χ0n) is 17.6. The third kappa shape index (κ3) is 6.55. The summed E-state index contributed by atoms with van der Waals surface area (Å²) in [6, 6.07) is 14.2. The van der Waals surface area contributed by atoms with Gasteiger partial charge in [-0.1, -0.05) is 6.07 Å². The summed E-state index contributed by atoms with van der Waals surface area (Å²) >= 11 is 0. The molecule has 0 bridgehead atoms. The van der Waals surface area contributed by atoms with Gasteiger partial charge < -0.3 is 4.74 Å². The van der Waals surface area contributed by atoms with Crippen molar-refractivity contribution in [1.82, 2.24) is 24.8 Å². The molecule has 0 saturated heterocycles. The first-order chi connectivity index (χ1) is 15.4. The number of nitrogens with zero attached hydrogens (tertiary/aromatic N) is 5. The lowest BCUT2D eigenvalue weighted by Gasteiger charge is -2.22. The Hall–Kier alpha value is -3.38. The van der Waals surface area contributed by atoms with Crippen molar-refractivity contribution in [2.24, 2.45) is 0 Å². The van der Waals surface area contributed by atoms with Crippen LogP contribution in [-0.2, 0) is 13.0 Å². The molecule has 4 aromatic rings. The molecule has 4 rings (SSSR count). The van der Waals surface area contributed by atoms with Gasteiger partial charge in [-0.05, 0) is 67.3 Å². The SMILES string of the molecule is c1cncc(CCN(CCCCOc2ccc3ccncc3n2)Cc2ccncc2)c1. The molecule has 158 valence electrons. The van der Waals surface area contributed by atoms with Crippen molar-refractivity contribution in [3.05, 3.63) is 90.8 Å². The van der Waals surface area contributed by atoms with Crippen LogP contribution in [-0.4, -0.2) is 44.5 Å². The smallest absolute Gasteiger partial charge is 0.213 e. The third-order valence-corrected chi connectivity index (χ3v) is 5.18. The fraction of sp³-hybridized carbons (Fsp3) is 0.280. The molecular weight excluding hydrogens is 386 g/mol. The van der Waals surface area contributed by atoms with Gasteiger partial charge in [0.05, 0.1) is 18.3 Å². The van der Waals surface area contributed by atoms with Crippen LogP contribution in [0, 0.1) is 0 Å². The average molecular weight is 414 g/mol. The van der Waals surface area contributed by atoms with Crippen LogP contribution in [0.25, 0.3) is 10.9 Å². The normalized spacial score (nSPS) is 11.1. The van der Waals surface area contributed by atoms with Crippen molar-refractivity contribution >= 4 is 10.9 Å². The summed E-state index contributed by atoms with van der Waals surface area (Å²) in [7, 11) is 0. The van der Waals surface area contributed by atoms with Crippen molar-refractivity contribution in [3.63, 3.8) is 0 Å². The maximum Gasteiger partial charge on any atom is 0.213 e. The number of hydrogen-bond donors (Lipinski definition) is 0. The molecule has 6 heteroatoms. The first-order valence-corrected chi connectivity index (χ1v) is 10.7. The molecule has 0 aromatic carbocycles. The minimum absolute atomic E-state index is 0.657. The first-order valence-electron chi connectivity index (χ1n) is 10.7. The lowest BCUT2D eigenvalue weighted by molar-refractivity contribution is 0.243. The maximum absolute atomic E-state index is 5.87. The van der Waals surface area contributed by atoms with Gasteiger partial charge in [0.25, 0.3) is 0 Å². The highest BCUT2D eigenvalue weighted by atomic mass is 16.5. The molecule has 0 N–H and O–H groups in total. The Morgan fingerprint density at radius 1 is 0.742 bits per heavy atom. The summed E-state index contributed by atoms with van der Waals surface area (Å²) in [5.74, 6) is 0.658. The molecule has 0 atom stereocenters. The van der Waals surface area contributed by atoms with Crippen LogP contribution >= 0.6 is 0 Å². The Bertz CT molecular complexity index is 1060. The highest BCUT2D eigenvalue weighted by Crippen LogP contribution is 2.15. The van der Waals surface area contributed by atoms with E-state index >= 15 is 0 Å². The van der Waals surface area contributed by atoms with Gasteiger partial charge in [0.2, 0.25) is 5.88 Å². The molecule has 6 nitrogen and oxygen atoms in total. The summed E-state index contributed by atoms with van der Waals surface area (Å²) in [4.78, 5) is 19.5. The second kappa shape index (κ2) is 11.1. The number of rotatable bonds is 11. The van der Waals surface area contributed by atoms with Crippen LogP contribution in [0.1, 0.15) is 24.0 Å². The molecule has 0 saturated carbocycles. The molecule has 0 radical (unpaired) electrons. The molecule has 0 fully saturated rings. The van der Waals surface area contributed by atoms with Crippen molar-refractivity contribution in [2.45, 2.75) is 25.8 Å². The van der Waals surface area contributed by atoms with Gasteiger partial charge in [-0.25, -0.2) is 4.98 Å². The Balaban J connectivity index is 1.25. The summed E-state index contributed by atoms with van der Waals surface area (Å²) in [5, 5.41) is 1.07. The van der Waals surface area contributed by atoms with Gasteiger partial charge >= 0.3 is 0 Å². The summed E-state index contributed by atoms with van der Waals surface area (Å²) in [5.41, 5.74) is 3.41. The van der Waals surface area contributed by atoms with Gasteiger partial charge in [-0.15, -0.1) is 0 Å². The van der Waals surface area contributed by atoms with E-state index in [9.17, 15) is 0 Å². The molecule has 0 unspecified atom stereocenters. The number of ether oxygens (including phenoxy) is 1. The first kappa shape index (κ1) is 20.9. The van der Waals surface area contributed by atoms with Gasteiger partial charge in [-0.2, -0.15) is 0 Å². The molecule has 31 heavy (non-hydrogen) atoms. The van der Waals surface area contributed by atoms with E-state index in [1.165, 1.54) is 11.1 Å². The van der Waals surface area contributed by atoms with E-state index in [2.05, 4.69) is 43.0 Å². The van der Waals surface area contributed by atoms with Crippen LogP contribution in [0.15, 0.2) is 79.6 Å². The van der Waals surface area contributed by atoms with Gasteiger partial charge in [0, 0.05) is 55.5 Å². The fourth-order valence-corrected chi connectivity index (χ4v) is 3.49. The molecule has 0 aliphatic carbocycles. The number of hydrogen-bond acceptors (Lipinski definition) is 6. The molecule has 0 aliphatic rings. The standard InChI is InChI=1S/C25H27N5O/c1(2-17-31-25-6-5-23-9-14-28-19-24(23)29-25)15-30(20-22-7-12-26-13-8-22)16-10-21-4-3-11-27-18-21/h3-9,11-14,18-19H,1-2,10,15-17,20H2. The van der Waals surface area contributed by atoms with Crippen molar-refractivity contribution < 1.29 is 4.74 Å². The quantitative estimate of drug-likeness (QED) is 0.341. The summed E-state index contributed by atoms with van der Waals surface area (Å²) in [6.07, 6.45) is 14.1. The highest BCUT2D eigenvalue weighted by molar-refractivity contribution is 5.77. The van der Waals surface area contributed by atoms with Crippen LogP contribution in [0.5, 0.6) is 5.88 Å². The number of aromatic nitrogens is 4. The Labute approximate surface area is 183 Å². The zero-order chi connectivity index (χ0) is 21.1. The van der Waals surface area contributed by atoms with E-state index in [1.807, 2.05) is 49.1 Å². The number of unbranched alkanes of at least 4 members (excludes halogenated alkanes) is 1. The largest absolute Gasteiger partial charge is 0.478 e. The Morgan fingerprint density at radius 2 is 1.61 bits per heavy atom. The van der Waals surface area contributed by atoms with E-state index in [4.69, 9.17) is 4.74 Å². The molecule has 0 spiro atoms. The van der Waals surface area contributed by atoms with Crippen LogP contribution in [0.4, 0.5) is 0 Å². The maximum atomic E-state index is 5.87. The van der Waals surface area contributed by atoms with E-state index in [1.54, 1.807) is 12.4 Å². The Morgan fingerprint density at radius 3 is 2.48 bits per heavy atom. The average Bonchev–Trinajstić information content (AvgIpc) is 2.83. The van der Waals surface area contributed by atoms with Crippen LogP contribution < -0.4 is 4.74 Å². The monoisotopic (exact) mass is 413 g/mol. The van der Waals surface area contributed by atoms with Crippen molar-refractivity contribution in [1.29, 1.82) is 0 Å². The number of fused-ring (bicyclic) bond motifs is 1. The van der Waals surface area contributed by atoms with Crippen molar-refractivity contribution in [2.75, 3.05) is 19.7 Å². The molecule has 0 amide bonds. The van der Waals surface area contributed by atoms with Crippen LogP contribution in [0.3, 0.4) is 0 Å². The predicted molar refractivity (Wildman–Crippen MR) is 122 cm³/mol. The topological polar surface area (TPSA) is 64.0 Å². The highest BCUT2D eigenvalue weighted by Gasteiger charge is 2.07. The van der Waals surface area contributed by atoms with Gasteiger partial charge in [-0.3, -0.25) is 19.9 Å². The predicted octanol–water partition coefficient (Wildman–Crippen LogP) is 4.32. The van der Waals surface area contributed by atoms with Gasteiger partial charge in [0.15, 0.2) is 0 Å². The molecule has 4 aromatic heterocycles. The summed E-state index contributed by atoms with van der Waals surface area (Å²) in [6.45, 7) is 3.59. The van der Waals surface area contributed by atoms with E-state index in [0.29, 0.717) is 12.5 Å². The zero-order valence-corrected chi connectivity index (χ0v) is 17.6. The third-order valence-electron chi connectivity index (χ3n) is 5.18. The van der Waals surface area contributed by atoms with Gasteiger partial charge in [0.1, 0.15) is 0 Å².